The van der Waals surface area contributed by atoms with Crippen LogP contribution in [0, 0.1) is 24.0 Å². The molecule has 5 N–H and O–H groups in total. The first kappa shape index (κ1) is 26.1. The van der Waals surface area contributed by atoms with Crippen molar-refractivity contribution >= 4 is 28.8 Å². The quantitative estimate of drug-likeness (QED) is 0.223. The van der Waals surface area contributed by atoms with Gasteiger partial charge in [0.05, 0.1) is 17.9 Å². The molecule has 38 heavy (non-hydrogen) atoms. The van der Waals surface area contributed by atoms with Crippen molar-refractivity contribution < 1.29 is 18.3 Å². The second-order valence-electron chi connectivity index (χ2n) is 8.20. The van der Waals surface area contributed by atoms with Gasteiger partial charge in [0.15, 0.2) is 5.82 Å². The summed E-state index contributed by atoms with van der Waals surface area (Å²) in [7, 11) is 0. The Balaban J connectivity index is 1.59. The Morgan fingerprint density at radius 2 is 1.79 bits per heavy atom. The first-order valence-electron chi connectivity index (χ1n) is 11.7. The molecule has 0 aliphatic rings. The number of amides is 1. The zero-order chi connectivity index (χ0) is 27.2. The van der Waals surface area contributed by atoms with Gasteiger partial charge in [0, 0.05) is 59.6 Å². The molecule has 4 rings (SSSR count). The van der Waals surface area contributed by atoms with Crippen molar-refractivity contribution in [2.24, 2.45) is 5.73 Å². The van der Waals surface area contributed by atoms with E-state index in [0.717, 1.165) is 12.1 Å². The number of pyridine rings is 1. The van der Waals surface area contributed by atoms with E-state index in [4.69, 9.17) is 15.9 Å². The monoisotopic (exact) mass is 517 g/mol. The predicted octanol–water partition coefficient (Wildman–Crippen LogP) is 4.73. The lowest BCUT2D eigenvalue weighted by atomic mass is 10.1. The predicted molar refractivity (Wildman–Crippen MR) is 140 cm³/mol. The minimum Gasteiger partial charge on any atom is -0.494 e. The highest BCUT2D eigenvalue weighted by Crippen LogP contribution is 2.25. The van der Waals surface area contributed by atoms with Gasteiger partial charge in [0.25, 0.3) is 5.91 Å². The number of carbonyl (C=O) groups excluding carboxylic acids is 1. The normalized spacial score (nSPS) is 10.6. The van der Waals surface area contributed by atoms with Crippen molar-refractivity contribution in [1.29, 1.82) is 5.41 Å². The van der Waals surface area contributed by atoms with Gasteiger partial charge in [0.1, 0.15) is 28.9 Å². The van der Waals surface area contributed by atoms with E-state index in [1.807, 2.05) is 0 Å². The molecule has 0 aliphatic heterocycles. The summed E-state index contributed by atoms with van der Waals surface area (Å²) in [5, 5.41) is 14.8. The molecule has 11 heteroatoms. The molecule has 2 aromatic carbocycles. The standard InChI is InChI=1S/C27H25F2N7O2/c1-3-38-16-11-20(28)18(21(29)12-16)14-33-22-7-5-4-6-17(22)25(30)27-34-15(2)10-24(36-27)35-23-8-9-32-13-19(23)26(31)37/h4-13,30,33H,3,14H2,1-2H3,(H2,31,37)(H,32,34,35,36). The van der Waals surface area contributed by atoms with E-state index in [0.29, 0.717) is 35.1 Å². The Morgan fingerprint density at radius 1 is 1.05 bits per heavy atom. The molecular formula is C27H25F2N7O2. The first-order chi connectivity index (χ1) is 18.3. The smallest absolute Gasteiger partial charge is 0.252 e. The summed E-state index contributed by atoms with van der Waals surface area (Å²) in [5.74, 6) is -1.57. The fourth-order valence-corrected chi connectivity index (χ4v) is 3.74. The van der Waals surface area contributed by atoms with Crippen molar-refractivity contribution in [3.05, 3.63) is 101 Å². The summed E-state index contributed by atoms with van der Waals surface area (Å²) < 4.78 is 34.3. The summed E-state index contributed by atoms with van der Waals surface area (Å²) in [6, 6.07) is 12.4. The van der Waals surface area contributed by atoms with Crippen LogP contribution in [-0.4, -0.2) is 33.2 Å². The molecule has 2 heterocycles. The van der Waals surface area contributed by atoms with Crippen molar-refractivity contribution in [2.45, 2.75) is 20.4 Å². The maximum atomic E-state index is 14.5. The third-order valence-corrected chi connectivity index (χ3v) is 5.50. The van der Waals surface area contributed by atoms with Crippen LogP contribution >= 0.6 is 0 Å². The van der Waals surface area contributed by atoms with Crippen LogP contribution in [0.25, 0.3) is 0 Å². The molecule has 2 aromatic heterocycles. The van der Waals surface area contributed by atoms with E-state index in [-0.39, 0.29) is 35.0 Å². The number of ether oxygens (including phenoxy) is 1. The molecule has 0 bridgehead atoms. The number of anilines is 3. The molecule has 4 aromatic rings. The minimum absolute atomic E-state index is 0.0164. The molecular weight excluding hydrogens is 492 g/mol. The second kappa shape index (κ2) is 11.4. The van der Waals surface area contributed by atoms with Crippen LogP contribution in [0.15, 0.2) is 60.9 Å². The summed E-state index contributed by atoms with van der Waals surface area (Å²) in [4.78, 5) is 24.5. The number of nitrogens with two attached hydrogens (primary N) is 1. The number of benzene rings is 2. The average molecular weight is 518 g/mol. The molecule has 194 valence electrons. The third-order valence-electron chi connectivity index (χ3n) is 5.50. The Hall–Kier alpha value is -4.93. The van der Waals surface area contributed by atoms with Gasteiger partial charge >= 0.3 is 0 Å². The van der Waals surface area contributed by atoms with Gasteiger partial charge in [-0.3, -0.25) is 15.2 Å². The van der Waals surface area contributed by atoms with Gasteiger partial charge in [-0.1, -0.05) is 18.2 Å². The van der Waals surface area contributed by atoms with Crippen molar-refractivity contribution in [1.82, 2.24) is 15.0 Å². The van der Waals surface area contributed by atoms with Gasteiger partial charge in [-0.25, -0.2) is 18.7 Å². The van der Waals surface area contributed by atoms with E-state index >= 15 is 0 Å². The van der Waals surface area contributed by atoms with Crippen molar-refractivity contribution in [2.75, 3.05) is 17.2 Å². The lowest BCUT2D eigenvalue weighted by Gasteiger charge is -2.15. The Labute approximate surface area is 217 Å². The topological polar surface area (TPSA) is 139 Å². The maximum Gasteiger partial charge on any atom is 0.252 e. The third kappa shape index (κ3) is 5.89. The highest BCUT2D eigenvalue weighted by molar-refractivity contribution is 6.12. The molecule has 9 nitrogen and oxygen atoms in total. The Bertz CT molecular complexity index is 1490. The number of para-hydroxylation sites is 1. The van der Waals surface area contributed by atoms with Crippen LogP contribution in [0.4, 0.5) is 26.0 Å². The zero-order valence-corrected chi connectivity index (χ0v) is 20.7. The second-order valence-corrected chi connectivity index (χ2v) is 8.20. The van der Waals surface area contributed by atoms with Crippen LogP contribution in [0.3, 0.4) is 0 Å². The highest BCUT2D eigenvalue weighted by atomic mass is 19.1. The highest BCUT2D eigenvalue weighted by Gasteiger charge is 2.17. The number of hydrogen-bond acceptors (Lipinski definition) is 8. The van der Waals surface area contributed by atoms with Gasteiger partial charge in [-0.2, -0.15) is 0 Å². The number of halogens is 2. The van der Waals surface area contributed by atoms with Gasteiger partial charge in [0.2, 0.25) is 0 Å². The van der Waals surface area contributed by atoms with E-state index in [1.165, 1.54) is 12.4 Å². The van der Waals surface area contributed by atoms with Gasteiger partial charge in [-0.05, 0) is 26.0 Å². The fraction of sp³-hybridized carbons (Fsp3) is 0.148. The average Bonchev–Trinajstić information content (AvgIpc) is 2.88. The summed E-state index contributed by atoms with van der Waals surface area (Å²) in [6.07, 6.45) is 2.85. The van der Waals surface area contributed by atoms with E-state index < -0.39 is 17.5 Å². The molecule has 0 saturated heterocycles. The lowest BCUT2D eigenvalue weighted by Crippen LogP contribution is -2.15. The van der Waals surface area contributed by atoms with Crippen LogP contribution in [-0.2, 0) is 6.54 Å². The largest absolute Gasteiger partial charge is 0.494 e. The number of aryl methyl sites for hydroxylation is 1. The molecule has 0 fully saturated rings. The van der Waals surface area contributed by atoms with Crippen LogP contribution in [0.1, 0.15) is 39.9 Å². The molecule has 1 amide bonds. The van der Waals surface area contributed by atoms with Gasteiger partial charge < -0.3 is 21.1 Å². The van der Waals surface area contributed by atoms with Crippen molar-refractivity contribution in [3.63, 3.8) is 0 Å². The summed E-state index contributed by atoms with van der Waals surface area (Å²) in [6.45, 7) is 3.60. The number of hydrogen-bond donors (Lipinski definition) is 4. The number of primary amides is 1. The Kier molecular flexibility index (Phi) is 7.86. The number of carbonyl (C=O) groups is 1. The minimum atomic E-state index is -0.738. The number of nitrogens with one attached hydrogen (secondary N) is 3. The van der Waals surface area contributed by atoms with E-state index in [1.54, 1.807) is 50.2 Å². The Morgan fingerprint density at radius 3 is 2.50 bits per heavy atom. The fourth-order valence-electron chi connectivity index (χ4n) is 3.74. The SMILES string of the molecule is CCOc1cc(F)c(CNc2ccccc2C(=N)c2nc(C)cc(Nc3ccncc3C(N)=O)n2)c(F)c1. The van der Waals surface area contributed by atoms with E-state index in [2.05, 4.69) is 25.6 Å². The first-order valence-corrected chi connectivity index (χ1v) is 11.7. The molecule has 0 spiro atoms. The molecule has 0 aliphatic carbocycles. The molecule has 0 atom stereocenters. The van der Waals surface area contributed by atoms with Gasteiger partial charge in [-0.15, -0.1) is 0 Å². The number of aromatic nitrogens is 3. The maximum absolute atomic E-state index is 14.5. The van der Waals surface area contributed by atoms with Crippen LogP contribution < -0.4 is 21.1 Å². The molecule has 0 saturated carbocycles. The summed E-state index contributed by atoms with van der Waals surface area (Å²) in [5.41, 5.74) is 7.32. The van der Waals surface area contributed by atoms with E-state index in [9.17, 15) is 13.6 Å². The van der Waals surface area contributed by atoms with Crippen molar-refractivity contribution in [3.8, 4) is 5.75 Å². The molecule has 0 unspecified atom stereocenters. The molecule has 0 radical (unpaired) electrons. The van der Waals surface area contributed by atoms with Crippen LogP contribution in [0.2, 0.25) is 0 Å². The van der Waals surface area contributed by atoms with Crippen LogP contribution in [0.5, 0.6) is 5.75 Å². The number of nitrogens with zero attached hydrogens (tertiary/aromatic N) is 3. The zero-order valence-electron chi connectivity index (χ0n) is 20.7. The summed E-state index contributed by atoms with van der Waals surface area (Å²) >= 11 is 0. The number of rotatable bonds is 10. The lowest BCUT2D eigenvalue weighted by molar-refractivity contribution is 0.100.